The summed E-state index contributed by atoms with van der Waals surface area (Å²) < 4.78 is 30.5. The lowest BCUT2D eigenvalue weighted by molar-refractivity contribution is -0.117. The van der Waals surface area contributed by atoms with Crippen LogP contribution in [-0.4, -0.2) is 46.7 Å². The molecule has 2 aromatic carbocycles. The Balaban J connectivity index is 1.95. The van der Waals surface area contributed by atoms with E-state index in [2.05, 4.69) is 0 Å². The van der Waals surface area contributed by atoms with Crippen LogP contribution in [0.1, 0.15) is 15.9 Å². The number of anilines is 2. The monoisotopic (exact) mass is 388 g/mol. The van der Waals surface area contributed by atoms with Gasteiger partial charge in [0.25, 0.3) is 0 Å². The van der Waals surface area contributed by atoms with E-state index in [1.54, 1.807) is 17.0 Å². The minimum absolute atomic E-state index is 0.0834. The zero-order valence-electron chi connectivity index (χ0n) is 15.1. The normalized spacial score (nSPS) is 13.2. The maximum Gasteiger partial charge on any atom is 0.340 e. The largest absolute Gasteiger partial charge is 0.465 e. The van der Waals surface area contributed by atoms with Crippen LogP contribution >= 0.6 is 0 Å². The van der Waals surface area contributed by atoms with Gasteiger partial charge in [0.2, 0.25) is 15.9 Å². The number of para-hydroxylation sites is 2. The van der Waals surface area contributed by atoms with E-state index in [1.165, 1.54) is 19.2 Å². The van der Waals surface area contributed by atoms with Gasteiger partial charge in [-0.3, -0.25) is 9.10 Å². The third-order valence-corrected chi connectivity index (χ3v) is 5.57. The molecule has 1 aliphatic rings. The number of fused-ring (bicyclic) bond motifs is 1. The molecule has 0 bridgehead atoms. The fourth-order valence-electron chi connectivity index (χ4n) is 3.16. The highest BCUT2D eigenvalue weighted by Crippen LogP contribution is 2.29. The highest BCUT2D eigenvalue weighted by atomic mass is 32.2. The van der Waals surface area contributed by atoms with Crippen molar-refractivity contribution in [1.29, 1.82) is 0 Å². The number of rotatable bonds is 5. The fourth-order valence-corrected chi connectivity index (χ4v) is 4.02. The van der Waals surface area contributed by atoms with Crippen LogP contribution in [0, 0.1) is 0 Å². The molecule has 1 amide bonds. The van der Waals surface area contributed by atoms with E-state index in [0.29, 0.717) is 6.54 Å². The van der Waals surface area contributed by atoms with Gasteiger partial charge < -0.3 is 9.64 Å². The standard InChI is InChI=1S/C19H20N2O5S/c1-26-19(23)15-8-4-6-10-17(15)21(27(2,24)25)13-18(22)20-12-11-14-7-3-5-9-16(14)20/h3-10H,11-13H2,1-2H3. The van der Waals surface area contributed by atoms with Crippen molar-refractivity contribution < 1.29 is 22.7 Å². The molecule has 7 nitrogen and oxygen atoms in total. The predicted molar refractivity (Wildman–Crippen MR) is 102 cm³/mol. The van der Waals surface area contributed by atoms with Crippen LogP contribution in [-0.2, 0) is 26.0 Å². The van der Waals surface area contributed by atoms with Crippen LogP contribution in [0.2, 0.25) is 0 Å². The van der Waals surface area contributed by atoms with Crippen LogP contribution < -0.4 is 9.21 Å². The summed E-state index contributed by atoms with van der Waals surface area (Å²) in [5.41, 5.74) is 2.04. The average Bonchev–Trinajstić information content (AvgIpc) is 3.08. The summed E-state index contributed by atoms with van der Waals surface area (Å²) in [7, 11) is -2.59. The molecule has 0 unspecified atom stereocenters. The number of nitrogens with zero attached hydrogens (tertiary/aromatic N) is 2. The number of amides is 1. The van der Waals surface area contributed by atoms with Gasteiger partial charge in [0.1, 0.15) is 6.54 Å². The van der Waals surface area contributed by atoms with Gasteiger partial charge in [-0.25, -0.2) is 13.2 Å². The van der Waals surface area contributed by atoms with Crippen molar-refractivity contribution in [3.63, 3.8) is 0 Å². The first-order valence-corrected chi connectivity index (χ1v) is 10.2. The summed E-state index contributed by atoms with van der Waals surface area (Å²) in [4.78, 5) is 26.5. The van der Waals surface area contributed by atoms with Crippen molar-refractivity contribution in [3.05, 3.63) is 59.7 Å². The van der Waals surface area contributed by atoms with Gasteiger partial charge in [-0.15, -0.1) is 0 Å². The highest BCUT2D eigenvalue weighted by molar-refractivity contribution is 7.92. The molecule has 0 atom stereocenters. The quantitative estimate of drug-likeness (QED) is 0.730. The zero-order valence-corrected chi connectivity index (χ0v) is 15.9. The number of carbonyl (C=O) groups is 2. The Morgan fingerprint density at radius 1 is 1.11 bits per heavy atom. The Kier molecular flexibility index (Phi) is 5.18. The molecule has 0 radical (unpaired) electrons. The van der Waals surface area contributed by atoms with Crippen LogP contribution in [0.15, 0.2) is 48.5 Å². The Labute approximate surface area is 158 Å². The van der Waals surface area contributed by atoms with E-state index in [9.17, 15) is 18.0 Å². The van der Waals surface area contributed by atoms with Crippen LogP contribution in [0.25, 0.3) is 0 Å². The predicted octanol–water partition coefficient (Wildman–Crippen LogP) is 1.83. The SMILES string of the molecule is COC(=O)c1ccccc1N(CC(=O)N1CCc2ccccc21)S(C)(=O)=O. The molecule has 0 saturated heterocycles. The Morgan fingerprint density at radius 2 is 1.78 bits per heavy atom. The summed E-state index contributed by atoms with van der Waals surface area (Å²) in [5, 5.41) is 0. The van der Waals surface area contributed by atoms with Crippen molar-refractivity contribution in [2.75, 3.05) is 35.7 Å². The molecule has 1 heterocycles. The summed E-state index contributed by atoms with van der Waals surface area (Å²) >= 11 is 0. The minimum Gasteiger partial charge on any atom is -0.465 e. The maximum atomic E-state index is 12.9. The second-order valence-corrected chi connectivity index (χ2v) is 8.11. The number of ether oxygens (including phenoxy) is 1. The summed E-state index contributed by atoms with van der Waals surface area (Å²) in [6.07, 6.45) is 1.73. The number of methoxy groups -OCH3 is 1. The Hall–Kier alpha value is -2.87. The van der Waals surface area contributed by atoms with Gasteiger partial charge in [-0.2, -0.15) is 0 Å². The number of hydrogen-bond acceptors (Lipinski definition) is 5. The fraction of sp³-hybridized carbons (Fsp3) is 0.263. The molecule has 3 rings (SSSR count). The zero-order chi connectivity index (χ0) is 19.6. The van der Waals surface area contributed by atoms with Gasteiger partial charge in [0.15, 0.2) is 0 Å². The molecule has 8 heteroatoms. The molecule has 0 N–H and O–H groups in total. The summed E-state index contributed by atoms with van der Waals surface area (Å²) in [5.74, 6) is -1.02. The van der Waals surface area contributed by atoms with E-state index >= 15 is 0 Å². The third-order valence-electron chi connectivity index (χ3n) is 4.45. The highest BCUT2D eigenvalue weighted by Gasteiger charge is 2.30. The lowest BCUT2D eigenvalue weighted by Crippen LogP contribution is -2.42. The molecule has 0 aromatic heterocycles. The summed E-state index contributed by atoms with van der Waals surface area (Å²) in [6.45, 7) is 0.0929. The molecular formula is C19H20N2O5S. The lowest BCUT2D eigenvalue weighted by atomic mass is 10.1. The third kappa shape index (κ3) is 3.80. The van der Waals surface area contributed by atoms with E-state index in [0.717, 1.165) is 28.2 Å². The van der Waals surface area contributed by atoms with Crippen molar-refractivity contribution in [2.45, 2.75) is 6.42 Å². The van der Waals surface area contributed by atoms with Gasteiger partial charge in [0.05, 0.1) is 24.6 Å². The van der Waals surface area contributed by atoms with Crippen molar-refractivity contribution in [1.82, 2.24) is 0 Å². The molecule has 142 valence electrons. The molecule has 1 aliphatic heterocycles. The van der Waals surface area contributed by atoms with Gasteiger partial charge in [-0.05, 0) is 30.2 Å². The van der Waals surface area contributed by atoms with Crippen molar-refractivity contribution in [3.8, 4) is 0 Å². The van der Waals surface area contributed by atoms with E-state index in [-0.39, 0.29) is 17.2 Å². The molecule has 2 aromatic rings. The Morgan fingerprint density at radius 3 is 2.48 bits per heavy atom. The van der Waals surface area contributed by atoms with Gasteiger partial charge in [-0.1, -0.05) is 30.3 Å². The number of hydrogen-bond donors (Lipinski definition) is 0. The first-order chi connectivity index (χ1) is 12.8. The first kappa shape index (κ1) is 18.9. The molecular weight excluding hydrogens is 368 g/mol. The first-order valence-electron chi connectivity index (χ1n) is 8.36. The number of sulfonamides is 1. The van der Waals surface area contributed by atoms with Crippen molar-refractivity contribution >= 4 is 33.3 Å². The topological polar surface area (TPSA) is 84.0 Å². The molecule has 0 aliphatic carbocycles. The maximum absolute atomic E-state index is 12.9. The number of esters is 1. The Bertz CT molecular complexity index is 987. The van der Waals surface area contributed by atoms with Crippen LogP contribution in [0.5, 0.6) is 0 Å². The minimum atomic E-state index is -3.81. The van der Waals surface area contributed by atoms with Gasteiger partial charge >= 0.3 is 5.97 Å². The van der Waals surface area contributed by atoms with E-state index in [4.69, 9.17) is 4.74 Å². The van der Waals surface area contributed by atoms with Crippen molar-refractivity contribution in [2.24, 2.45) is 0 Å². The summed E-state index contributed by atoms with van der Waals surface area (Å²) in [6, 6.07) is 13.7. The molecule has 0 saturated carbocycles. The molecule has 27 heavy (non-hydrogen) atoms. The van der Waals surface area contributed by atoms with E-state index in [1.807, 2.05) is 24.3 Å². The van der Waals surface area contributed by atoms with Crippen LogP contribution in [0.3, 0.4) is 0 Å². The van der Waals surface area contributed by atoms with Crippen LogP contribution in [0.4, 0.5) is 11.4 Å². The average molecular weight is 388 g/mol. The second-order valence-electron chi connectivity index (χ2n) is 6.20. The molecule has 0 fully saturated rings. The van der Waals surface area contributed by atoms with E-state index < -0.39 is 22.5 Å². The second kappa shape index (κ2) is 7.40. The smallest absolute Gasteiger partial charge is 0.340 e. The number of carbonyl (C=O) groups excluding carboxylic acids is 2. The lowest BCUT2D eigenvalue weighted by Gasteiger charge is -2.26. The number of benzene rings is 2. The molecule has 0 spiro atoms. The van der Waals surface area contributed by atoms with Gasteiger partial charge in [0, 0.05) is 12.2 Å².